The molecule has 0 aliphatic rings. The Bertz CT molecular complexity index is 637. The molecular weight excluding hydrogens is 266 g/mol. The fourth-order valence-electron chi connectivity index (χ4n) is 1.81. The van der Waals surface area contributed by atoms with E-state index in [2.05, 4.69) is 20.6 Å². The van der Waals surface area contributed by atoms with Crippen molar-refractivity contribution >= 4 is 28.8 Å². The maximum absolute atomic E-state index is 11.2. The van der Waals surface area contributed by atoms with Gasteiger partial charge in [-0.05, 0) is 45.0 Å². The molecule has 1 heterocycles. The minimum Gasteiger partial charge on any atom is -0.393 e. The molecule has 0 fully saturated rings. The van der Waals surface area contributed by atoms with E-state index in [0.717, 1.165) is 5.69 Å². The molecule has 21 heavy (non-hydrogen) atoms. The molecule has 0 radical (unpaired) electrons. The molecule has 0 bridgehead atoms. The summed E-state index contributed by atoms with van der Waals surface area (Å²) in [5, 5.41) is 6.29. The lowest BCUT2D eigenvalue weighted by Crippen LogP contribution is -2.14. The predicted molar refractivity (Wildman–Crippen MR) is 84.9 cm³/mol. The maximum Gasteiger partial charge on any atom is 0.159 e. The van der Waals surface area contributed by atoms with Gasteiger partial charge < -0.3 is 16.4 Å². The third-order valence-corrected chi connectivity index (χ3v) is 2.86. The van der Waals surface area contributed by atoms with Crippen LogP contribution in [0, 0.1) is 0 Å². The number of carbonyl (C=O) groups excluding carboxylic acids is 1. The number of nitrogen functional groups attached to an aromatic ring is 1. The number of nitrogens with zero attached hydrogens (tertiary/aromatic N) is 2. The Balaban J connectivity index is 2.21. The van der Waals surface area contributed by atoms with Gasteiger partial charge in [-0.2, -0.15) is 0 Å². The number of Topliss-reactive ketones (excluding diaryl/α,β-unsaturated/α-hetero) is 1. The number of ketones is 1. The summed E-state index contributed by atoms with van der Waals surface area (Å²) in [6.07, 6.45) is 1.45. The molecule has 0 amide bonds. The highest BCUT2D eigenvalue weighted by Gasteiger charge is 2.09. The summed E-state index contributed by atoms with van der Waals surface area (Å²) in [4.78, 5) is 19.5. The Morgan fingerprint density at radius 1 is 1.14 bits per heavy atom. The van der Waals surface area contributed by atoms with Gasteiger partial charge in [-0.1, -0.05) is 0 Å². The van der Waals surface area contributed by atoms with Crippen LogP contribution in [0.3, 0.4) is 0 Å². The third-order valence-electron chi connectivity index (χ3n) is 2.86. The minimum atomic E-state index is 0.0338. The van der Waals surface area contributed by atoms with Gasteiger partial charge in [-0.3, -0.25) is 4.79 Å². The number of nitrogens with two attached hydrogens (primary N) is 1. The van der Waals surface area contributed by atoms with Crippen LogP contribution in [0.4, 0.5) is 23.0 Å². The van der Waals surface area contributed by atoms with E-state index < -0.39 is 0 Å². The summed E-state index contributed by atoms with van der Waals surface area (Å²) in [5.74, 6) is 1.16. The number of hydrogen-bond donors (Lipinski definition) is 3. The van der Waals surface area contributed by atoms with Gasteiger partial charge in [0.25, 0.3) is 0 Å². The smallest absolute Gasteiger partial charge is 0.159 e. The Hall–Kier alpha value is -2.63. The molecule has 0 saturated carbocycles. The van der Waals surface area contributed by atoms with Crippen molar-refractivity contribution in [2.75, 3.05) is 16.4 Å². The predicted octanol–water partition coefficient (Wildman–Crippen LogP) is 2.83. The fraction of sp³-hybridized carbons (Fsp3) is 0.267. The molecule has 2 aromatic rings. The molecule has 6 heteroatoms. The van der Waals surface area contributed by atoms with Crippen LogP contribution in [0.25, 0.3) is 0 Å². The molecule has 0 saturated heterocycles. The second kappa shape index (κ2) is 6.21. The van der Waals surface area contributed by atoms with E-state index in [1.54, 1.807) is 12.1 Å². The molecule has 1 aromatic carbocycles. The van der Waals surface area contributed by atoms with Crippen LogP contribution in [-0.4, -0.2) is 21.8 Å². The van der Waals surface area contributed by atoms with E-state index in [9.17, 15) is 4.79 Å². The molecule has 2 rings (SSSR count). The summed E-state index contributed by atoms with van der Waals surface area (Å²) >= 11 is 0. The van der Waals surface area contributed by atoms with E-state index in [-0.39, 0.29) is 11.8 Å². The Kier molecular flexibility index (Phi) is 4.37. The Morgan fingerprint density at radius 2 is 1.76 bits per heavy atom. The van der Waals surface area contributed by atoms with Crippen LogP contribution < -0.4 is 16.4 Å². The molecule has 0 aliphatic heterocycles. The molecule has 110 valence electrons. The first kappa shape index (κ1) is 14.8. The lowest BCUT2D eigenvalue weighted by molar-refractivity contribution is 0.101. The number of benzene rings is 1. The summed E-state index contributed by atoms with van der Waals surface area (Å²) in [7, 11) is 0. The van der Waals surface area contributed by atoms with Crippen molar-refractivity contribution in [3.05, 3.63) is 36.2 Å². The van der Waals surface area contributed by atoms with Crippen LogP contribution in [0.5, 0.6) is 0 Å². The standard InChI is InChI=1S/C15H19N5O/c1-9(2)19-14-13(16)15(18-8-17-14)20-12-6-4-11(5-7-12)10(3)21/h4-9H,16H2,1-3H3,(H2,17,18,19,20). The second-order valence-corrected chi connectivity index (χ2v) is 5.04. The first-order chi connectivity index (χ1) is 9.97. The number of aromatic nitrogens is 2. The molecule has 6 nitrogen and oxygen atoms in total. The second-order valence-electron chi connectivity index (χ2n) is 5.04. The first-order valence-electron chi connectivity index (χ1n) is 6.72. The van der Waals surface area contributed by atoms with Gasteiger partial charge in [0.15, 0.2) is 17.4 Å². The topological polar surface area (TPSA) is 92.9 Å². The van der Waals surface area contributed by atoms with Crippen LogP contribution in [0.15, 0.2) is 30.6 Å². The fourth-order valence-corrected chi connectivity index (χ4v) is 1.81. The molecule has 0 unspecified atom stereocenters. The largest absolute Gasteiger partial charge is 0.393 e. The zero-order valence-electron chi connectivity index (χ0n) is 12.3. The van der Waals surface area contributed by atoms with Gasteiger partial charge in [0.1, 0.15) is 12.0 Å². The molecule has 0 atom stereocenters. The van der Waals surface area contributed by atoms with Crippen LogP contribution in [0.1, 0.15) is 31.1 Å². The van der Waals surface area contributed by atoms with E-state index in [4.69, 9.17) is 5.73 Å². The van der Waals surface area contributed by atoms with Gasteiger partial charge in [0, 0.05) is 17.3 Å². The van der Waals surface area contributed by atoms with E-state index in [1.165, 1.54) is 13.3 Å². The zero-order valence-corrected chi connectivity index (χ0v) is 12.3. The van der Waals surface area contributed by atoms with Gasteiger partial charge >= 0.3 is 0 Å². The third kappa shape index (κ3) is 3.68. The molecule has 1 aromatic heterocycles. The highest BCUT2D eigenvalue weighted by atomic mass is 16.1. The zero-order chi connectivity index (χ0) is 15.4. The van der Waals surface area contributed by atoms with Crippen LogP contribution >= 0.6 is 0 Å². The minimum absolute atomic E-state index is 0.0338. The van der Waals surface area contributed by atoms with E-state index in [1.807, 2.05) is 26.0 Å². The van der Waals surface area contributed by atoms with Crippen molar-refractivity contribution in [3.63, 3.8) is 0 Å². The van der Waals surface area contributed by atoms with Gasteiger partial charge in [-0.15, -0.1) is 0 Å². The summed E-state index contributed by atoms with van der Waals surface area (Å²) in [5.41, 5.74) is 7.99. The van der Waals surface area contributed by atoms with Crippen molar-refractivity contribution < 1.29 is 4.79 Å². The lowest BCUT2D eigenvalue weighted by atomic mass is 10.1. The molecule has 4 N–H and O–H groups in total. The van der Waals surface area contributed by atoms with Crippen molar-refractivity contribution in [2.45, 2.75) is 26.8 Å². The lowest BCUT2D eigenvalue weighted by Gasteiger charge is -2.14. The number of hydrogen-bond acceptors (Lipinski definition) is 6. The highest BCUT2D eigenvalue weighted by molar-refractivity contribution is 5.94. The number of rotatable bonds is 5. The van der Waals surface area contributed by atoms with Crippen LogP contribution in [-0.2, 0) is 0 Å². The van der Waals surface area contributed by atoms with Gasteiger partial charge in [0.2, 0.25) is 0 Å². The summed E-state index contributed by atoms with van der Waals surface area (Å²) < 4.78 is 0. The summed E-state index contributed by atoms with van der Waals surface area (Å²) in [6.45, 7) is 5.55. The Labute approximate surface area is 123 Å². The number of carbonyl (C=O) groups is 1. The molecule has 0 aliphatic carbocycles. The normalized spacial score (nSPS) is 10.5. The van der Waals surface area contributed by atoms with Gasteiger partial charge in [-0.25, -0.2) is 9.97 Å². The quantitative estimate of drug-likeness (QED) is 0.731. The van der Waals surface area contributed by atoms with Crippen molar-refractivity contribution in [2.24, 2.45) is 0 Å². The average molecular weight is 285 g/mol. The first-order valence-corrected chi connectivity index (χ1v) is 6.72. The maximum atomic E-state index is 11.2. The van der Waals surface area contributed by atoms with E-state index in [0.29, 0.717) is 22.9 Å². The average Bonchev–Trinajstić information content (AvgIpc) is 2.43. The van der Waals surface area contributed by atoms with Crippen LogP contribution in [0.2, 0.25) is 0 Å². The molecular formula is C15H19N5O. The van der Waals surface area contributed by atoms with Gasteiger partial charge in [0.05, 0.1) is 0 Å². The molecule has 0 spiro atoms. The number of anilines is 4. The summed E-state index contributed by atoms with van der Waals surface area (Å²) in [6, 6.07) is 7.37. The van der Waals surface area contributed by atoms with Crippen molar-refractivity contribution in [3.8, 4) is 0 Å². The monoisotopic (exact) mass is 285 g/mol. The Morgan fingerprint density at radius 3 is 2.33 bits per heavy atom. The number of nitrogens with one attached hydrogen (secondary N) is 2. The highest BCUT2D eigenvalue weighted by Crippen LogP contribution is 2.26. The van der Waals surface area contributed by atoms with E-state index >= 15 is 0 Å². The van der Waals surface area contributed by atoms with Crippen molar-refractivity contribution in [1.82, 2.24) is 9.97 Å². The SMILES string of the molecule is CC(=O)c1ccc(Nc2ncnc(NC(C)C)c2N)cc1. The van der Waals surface area contributed by atoms with Crippen molar-refractivity contribution in [1.29, 1.82) is 0 Å².